The van der Waals surface area contributed by atoms with Gasteiger partial charge in [0, 0.05) is 5.75 Å². The Labute approximate surface area is 108 Å². The van der Waals surface area contributed by atoms with Crippen LogP contribution in [0.1, 0.15) is 18.7 Å². The van der Waals surface area contributed by atoms with E-state index in [9.17, 15) is 9.90 Å². The van der Waals surface area contributed by atoms with Crippen LogP contribution in [0.2, 0.25) is 0 Å². The first kappa shape index (κ1) is 12.8. The highest BCUT2D eigenvalue weighted by molar-refractivity contribution is 8.01. The molecule has 5 nitrogen and oxygen atoms in total. The maximum absolute atomic E-state index is 11.5. The number of aromatic nitrogens is 2. The molecule has 1 unspecified atom stereocenters. The second-order valence-electron chi connectivity index (χ2n) is 4.20. The summed E-state index contributed by atoms with van der Waals surface area (Å²) in [6.07, 6.45) is 1.98. The molecule has 0 bridgehead atoms. The molecule has 1 atom stereocenters. The molecule has 0 aliphatic heterocycles. The third kappa shape index (κ3) is 2.61. The Balaban J connectivity index is 2.05. The Bertz CT molecular complexity index is 419. The summed E-state index contributed by atoms with van der Waals surface area (Å²) in [7, 11) is 1.72. The largest absolute Gasteiger partial charge is 0.480 e. The number of carboxylic acids is 1. The molecule has 1 aliphatic carbocycles. The van der Waals surface area contributed by atoms with Crippen LogP contribution in [-0.2, 0) is 4.79 Å². The van der Waals surface area contributed by atoms with E-state index in [2.05, 4.69) is 14.7 Å². The summed E-state index contributed by atoms with van der Waals surface area (Å²) in [5, 5.41) is 12.4. The number of thioether (sulfide) groups is 1. The molecule has 0 amide bonds. The van der Waals surface area contributed by atoms with Gasteiger partial charge >= 0.3 is 5.97 Å². The fourth-order valence-electron chi connectivity index (χ4n) is 1.83. The molecule has 1 saturated carbocycles. The van der Waals surface area contributed by atoms with Gasteiger partial charge in [0.05, 0.1) is 0 Å². The van der Waals surface area contributed by atoms with E-state index in [1.165, 1.54) is 23.3 Å². The third-order valence-corrected chi connectivity index (χ3v) is 5.15. The van der Waals surface area contributed by atoms with Crippen LogP contribution in [0, 0.1) is 12.8 Å². The van der Waals surface area contributed by atoms with Gasteiger partial charge in [-0.15, -0.1) is 0 Å². The van der Waals surface area contributed by atoms with Gasteiger partial charge in [-0.2, -0.15) is 4.37 Å². The van der Waals surface area contributed by atoms with E-state index in [4.69, 9.17) is 0 Å². The minimum Gasteiger partial charge on any atom is -0.480 e. The molecule has 1 heterocycles. The molecule has 0 aromatic carbocycles. The molecule has 1 fully saturated rings. The van der Waals surface area contributed by atoms with Crippen LogP contribution in [0.15, 0.2) is 4.34 Å². The summed E-state index contributed by atoms with van der Waals surface area (Å²) >= 11 is 2.80. The third-order valence-electron chi connectivity index (χ3n) is 3.03. The Hall–Kier alpha value is -0.660. The van der Waals surface area contributed by atoms with Crippen LogP contribution in [0.25, 0.3) is 0 Å². The summed E-state index contributed by atoms with van der Waals surface area (Å²) in [6.45, 7) is 1.84. The Morgan fingerprint density at radius 2 is 2.41 bits per heavy atom. The predicted molar refractivity (Wildman–Crippen MR) is 67.5 cm³/mol. The van der Waals surface area contributed by atoms with Gasteiger partial charge in [0.15, 0.2) is 4.34 Å². The molecule has 1 aromatic heterocycles. The van der Waals surface area contributed by atoms with Gasteiger partial charge in [0.1, 0.15) is 11.4 Å². The van der Waals surface area contributed by atoms with Gasteiger partial charge in [0.25, 0.3) is 0 Å². The van der Waals surface area contributed by atoms with Crippen molar-refractivity contribution in [3.63, 3.8) is 0 Å². The molecule has 1 aromatic rings. The van der Waals surface area contributed by atoms with Crippen LogP contribution in [0.5, 0.6) is 0 Å². The maximum atomic E-state index is 11.5. The second-order valence-corrected chi connectivity index (χ2v) is 6.17. The van der Waals surface area contributed by atoms with Crippen molar-refractivity contribution >= 4 is 29.3 Å². The summed E-state index contributed by atoms with van der Waals surface area (Å²) in [5.41, 5.74) is -0.815. The minimum atomic E-state index is -0.815. The number of carbonyl (C=O) groups is 1. The Kier molecular flexibility index (Phi) is 3.70. The molecule has 7 heteroatoms. The molecule has 2 rings (SSSR count). The van der Waals surface area contributed by atoms with Crippen molar-refractivity contribution in [2.45, 2.75) is 29.6 Å². The molecular formula is C10H15N3O2S2. The number of hydrogen-bond donors (Lipinski definition) is 2. The van der Waals surface area contributed by atoms with Gasteiger partial charge in [-0.1, -0.05) is 11.8 Å². The smallest absolute Gasteiger partial charge is 0.325 e. The lowest BCUT2D eigenvalue weighted by Gasteiger charge is -2.28. The van der Waals surface area contributed by atoms with Gasteiger partial charge in [-0.05, 0) is 44.3 Å². The van der Waals surface area contributed by atoms with Crippen molar-refractivity contribution < 1.29 is 9.90 Å². The summed E-state index contributed by atoms with van der Waals surface area (Å²) in [6, 6.07) is 0. The first-order chi connectivity index (χ1) is 8.08. The lowest BCUT2D eigenvalue weighted by molar-refractivity contribution is -0.144. The zero-order valence-electron chi connectivity index (χ0n) is 9.77. The molecule has 0 radical (unpaired) electrons. The number of rotatable bonds is 6. The minimum absolute atomic E-state index is 0.242. The molecular weight excluding hydrogens is 258 g/mol. The first-order valence-electron chi connectivity index (χ1n) is 5.44. The molecule has 1 aliphatic rings. The number of aliphatic carboxylic acids is 1. The van der Waals surface area contributed by atoms with Crippen molar-refractivity contribution in [1.29, 1.82) is 0 Å². The monoisotopic (exact) mass is 273 g/mol. The Morgan fingerprint density at radius 1 is 1.71 bits per heavy atom. The first-order valence-corrected chi connectivity index (χ1v) is 7.20. The average Bonchev–Trinajstić information content (AvgIpc) is 3.04. The molecule has 17 heavy (non-hydrogen) atoms. The van der Waals surface area contributed by atoms with Crippen LogP contribution < -0.4 is 5.32 Å². The maximum Gasteiger partial charge on any atom is 0.325 e. The van der Waals surface area contributed by atoms with E-state index in [1.54, 1.807) is 7.05 Å². The number of carboxylic acid groups (broad SMARTS) is 1. The molecule has 94 valence electrons. The zero-order chi connectivity index (χ0) is 12.5. The summed E-state index contributed by atoms with van der Waals surface area (Å²) < 4.78 is 4.93. The van der Waals surface area contributed by atoms with E-state index in [1.807, 2.05) is 6.92 Å². The molecule has 0 saturated heterocycles. The molecule has 0 spiro atoms. The van der Waals surface area contributed by atoms with E-state index in [0.717, 1.165) is 23.0 Å². The van der Waals surface area contributed by atoms with Gasteiger partial charge in [-0.3, -0.25) is 4.79 Å². The van der Waals surface area contributed by atoms with E-state index in [0.29, 0.717) is 5.75 Å². The van der Waals surface area contributed by atoms with Crippen molar-refractivity contribution in [2.24, 2.45) is 5.92 Å². The normalized spacial score (nSPS) is 18.9. The standard InChI is InChI=1S/C10H15N3O2S2/c1-6-12-9(17-13-6)16-5-10(11-2,8(14)15)7-3-4-7/h7,11H,3-5H2,1-2H3,(H,14,15). The van der Waals surface area contributed by atoms with Crippen LogP contribution in [-0.4, -0.2) is 38.8 Å². The highest BCUT2D eigenvalue weighted by atomic mass is 32.2. The van der Waals surface area contributed by atoms with Crippen LogP contribution >= 0.6 is 23.3 Å². The SMILES string of the molecule is CNC(CSc1nc(C)ns1)(C(=O)O)C1CC1. The van der Waals surface area contributed by atoms with E-state index in [-0.39, 0.29) is 5.92 Å². The van der Waals surface area contributed by atoms with Crippen molar-refractivity contribution in [3.05, 3.63) is 5.82 Å². The average molecular weight is 273 g/mol. The number of aryl methyl sites for hydroxylation is 1. The number of hydrogen-bond acceptors (Lipinski definition) is 6. The zero-order valence-corrected chi connectivity index (χ0v) is 11.4. The van der Waals surface area contributed by atoms with Gasteiger partial charge in [0.2, 0.25) is 0 Å². The lowest BCUT2D eigenvalue weighted by Crippen LogP contribution is -2.54. The number of likely N-dealkylation sites (N-methyl/N-ethyl adjacent to an activating group) is 1. The number of nitrogens with zero attached hydrogens (tertiary/aromatic N) is 2. The topological polar surface area (TPSA) is 75.1 Å². The van der Waals surface area contributed by atoms with Gasteiger partial charge in [-0.25, -0.2) is 4.98 Å². The van der Waals surface area contributed by atoms with Crippen molar-refractivity contribution in [3.8, 4) is 0 Å². The fraction of sp³-hybridized carbons (Fsp3) is 0.700. The quantitative estimate of drug-likeness (QED) is 0.763. The fourth-order valence-corrected chi connectivity index (χ4v) is 3.80. The molecule has 2 N–H and O–H groups in total. The van der Waals surface area contributed by atoms with E-state index >= 15 is 0 Å². The second kappa shape index (κ2) is 4.91. The van der Waals surface area contributed by atoms with E-state index < -0.39 is 11.5 Å². The lowest BCUT2D eigenvalue weighted by atomic mass is 9.96. The van der Waals surface area contributed by atoms with Gasteiger partial charge < -0.3 is 10.4 Å². The summed E-state index contributed by atoms with van der Waals surface area (Å²) in [5.74, 6) is 0.718. The summed E-state index contributed by atoms with van der Waals surface area (Å²) in [4.78, 5) is 15.7. The number of nitrogens with one attached hydrogen (secondary N) is 1. The highest BCUT2D eigenvalue weighted by Crippen LogP contribution is 2.42. The van der Waals surface area contributed by atoms with Crippen molar-refractivity contribution in [2.75, 3.05) is 12.8 Å². The highest BCUT2D eigenvalue weighted by Gasteiger charge is 2.50. The van der Waals surface area contributed by atoms with Crippen LogP contribution in [0.4, 0.5) is 0 Å². The van der Waals surface area contributed by atoms with Crippen molar-refractivity contribution in [1.82, 2.24) is 14.7 Å². The Morgan fingerprint density at radius 3 is 2.82 bits per heavy atom. The van der Waals surface area contributed by atoms with Crippen LogP contribution in [0.3, 0.4) is 0 Å². The predicted octanol–water partition coefficient (Wildman–Crippen LogP) is 1.39.